The predicted octanol–water partition coefficient (Wildman–Crippen LogP) is -0.474. The maximum atomic E-state index is 4.56. The molecule has 22 heavy (non-hydrogen) atoms. The molecule has 131 valence electrons. The first-order chi connectivity index (χ1) is 9.79. The predicted molar refractivity (Wildman–Crippen MR) is 106 cm³/mol. The second kappa shape index (κ2) is 19.8. The molecule has 0 atom stereocenters. The number of hydrogen-bond donors (Lipinski definition) is 3. The van der Waals surface area contributed by atoms with Gasteiger partial charge >= 0.3 is 19.5 Å². The third-order valence-corrected chi connectivity index (χ3v) is 3.63. The van der Waals surface area contributed by atoms with Crippen molar-refractivity contribution in [2.24, 2.45) is 0 Å². The van der Waals surface area contributed by atoms with Gasteiger partial charge in [0, 0.05) is 67.5 Å². The first-order valence-electron chi connectivity index (χ1n) is 6.67. The van der Waals surface area contributed by atoms with Gasteiger partial charge in [0.1, 0.15) is 0 Å². The van der Waals surface area contributed by atoms with Gasteiger partial charge in [0.25, 0.3) is 0 Å². The Morgan fingerprint density at radius 1 is 0.682 bits per heavy atom. The normalized spacial score (nSPS) is 14.0. The van der Waals surface area contributed by atoms with E-state index in [0.717, 1.165) is 39.3 Å². The summed E-state index contributed by atoms with van der Waals surface area (Å²) in [5.41, 5.74) is 0. The van der Waals surface area contributed by atoms with E-state index in [0.29, 0.717) is 8.64 Å². The van der Waals surface area contributed by atoms with E-state index in [1.807, 2.05) is 28.2 Å². The minimum absolute atomic E-state index is 0. The maximum absolute atomic E-state index is 4.56. The molecular weight excluding hydrogens is 444 g/mol. The molecule has 0 spiro atoms. The summed E-state index contributed by atoms with van der Waals surface area (Å²) in [4.78, 5) is 3.43. The number of thiocarbonyl (C=S) groups is 2. The summed E-state index contributed by atoms with van der Waals surface area (Å²) >= 11 is 18.2. The van der Waals surface area contributed by atoms with Gasteiger partial charge < -0.3 is 75.4 Å². The zero-order valence-electron chi connectivity index (χ0n) is 13.6. The number of rotatable bonds is 0. The van der Waals surface area contributed by atoms with Crippen molar-refractivity contribution in [2.45, 2.75) is 0 Å². The van der Waals surface area contributed by atoms with Crippen LogP contribution in [-0.4, -0.2) is 85.9 Å². The summed E-state index contributed by atoms with van der Waals surface area (Å²) in [7, 11) is 7.31. The van der Waals surface area contributed by atoms with Gasteiger partial charge in [-0.2, -0.15) is 0 Å². The Morgan fingerprint density at radius 3 is 0.909 bits per heavy atom. The second-order valence-corrected chi connectivity index (χ2v) is 6.63. The molecule has 0 saturated carbocycles. The molecule has 1 radical (unpaired) electrons. The largest absolute Gasteiger partial charge is 3.00 e. The van der Waals surface area contributed by atoms with Crippen LogP contribution in [0.4, 0.5) is 0 Å². The number of nitrogens with one attached hydrogen (secondary N) is 3. The van der Waals surface area contributed by atoms with Gasteiger partial charge in [-0.3, -0.25) is 0 Å². The second-order valence-electron chi connectivity index (χ2n) is 4.57. The Bertz CT molecular complexity index is 234. The van der Waals surface area contributed by atoms with Crippen LogP contribution >= 0.6 is 24.4 Å². The van der Waals surface area contributed by atoms with Gasteiger partial charge in [-0.05, 0) is 0 Å². The van der Waals surface area contributed by atoms with Crippen molar-refractivity contribution in [3.63, 3.8) is 0 Å². The van der Waals surface area contributed by atoms with E-state index < -0.39 is 0 Å². The molecule has 1 heterocycles. The van der Waals surface area contributed by atoms with E-state index >= 15 is 0 Å². The Kier molecular flexibility index (Phi) is 24.8. The summed E-state index contributed by atoms with van der Waals surface area (Å²) in [5, 5.41) is 9.91. The molecule has 1 aliphatic heterocycles. The maximum Gasteiger partial charge on any atom is 3.00 e. The third kappa shape index (κ3) is 25.7. The molecule has 5 nitrogen and oxygen atoms in total. The van der Waals surface area contributed by atoms with Crippen LogP contribution in [0.25, 0.3) is 0 Å². The van der Waals surface area contributed by atoms with Gasteiger partial charge in [0.2, 0.25) is 0 Å². The first kappa shape index (κ1) is 27.6. The molecular formula is C12H27N5RuS4+. The minimum Gasteiger partial charge on any atom is -0.411 e. The fourth-order valence-electron chi connectivity index (χ4n) is 0.905. The van der Waals surface area contributed by atoms with Crippen LogP contribution in [0, 0.1) is 0 Å². The van der Waals surface area contributed by atoms with Gasteiger partial charge in [-0.25, -0.2) is 0 Å². The molecule has 10 heteroatoms. The summed E-state index contributed by atoms with van der Waals surface area (Å²) < 4.78 is 1.02. The fraction of sp³-hybridized carbons (Fsp3) is 0.833. The van der Waals surface area contributed by atoms with Crippen molar-refractivity contribution < 1.29 is 19.5 Å². The van der Waals surface area contributed by atoms with Gasteiger partial charge in [0.05, 0.1) is 0 Å². The van der Waals surface area contributed by atoms with Crippen molar-refractivity contribution >= 4 is 58.3 Å². The van der Waals surface area contributed by atoms with Crippen LogP contribution in [0.3, 0.4) is 0 Å². The van der Waals surface area contributed by atoms with E-state index in [4.69, 9.17) is 0 Å². The molecule has 1 saturated heterocycles. The average Bonchev–Trinajstić information content (AvgIpc) is 2.55. The molecule has 0 bridgehead atoms. The zero-order chi connectivity index (χ0) is 16.7. The smallest absolute Gasteiger partial charge is 0.411 e. The average molecular weight is 471 g/mol. The van der Waals surface area contributed by atoms with Crippen molar-refractivity contribution in [3.8, 4) is 0 Å². The van der Waals surface area contributed by atoms with Gasteiger partial charge in [-0.15, -0.1) is 0 Å². The van der Waals surface area contributed by atoms with Crippen LogP contribution in [-0.2, 0) is 44.7 Å². The van der Waals surface area contributed by atoms with E-state index in [2.05, 4.69) is 65.6 Å². The molecule has 0 aromatic rings. The SMILES string of the molecule is C1CNCCNCCN1.CN(C)C(=S)[S-].CN(C)C(=S)[S-].[Ru+3]. The monoisotopic (exact) mass is 471 g/mol. The summed E-state index contributed by atoms with van der Waals surface area (Å²) in [6.45, 7) is 6.59. The molecule has 0 amide bonds. The standard InChI is InChI=1S/C6H15N3.2C3H7NS2.Ru/c1-2-8-5-6-9-4-3-7-1;2*1-4(2)3(5)6;/h7-9H,1-6H2;2*1-2H3,(H,5,6);/q;;;+3/p-2. The molecule has 3 N–H and O–H groups in total. The zero-order valence-corrected chi connectivity index (χ0v) is 18.6. The molecule has 1 rings (SSSR count). The summed E-state index contributed by atoms with van der Waals surface area (Å²) in [6.07, 6.45) is 0. The summed E-state index contributed by atoms with van der Waals surface area (Å²) in [5.74, 6) is 0. The van der Waals surface area contributed by atoms with E-state index in [1.165, 1.54) is 0 Å². The molecule has 1 fully saturated rings. The number of nitrogens with zero attached hydrogens (tertiary/aromatic N) is 2. The van der Waals surface area contributed by atoms with Crippen molar-refractivity contribution in [3.05, 3.63) is 0 Å². The van der Waals surface area contributed by atoms with E-state index in [-0.39, 0.29) is 19.5 Å². The van der Waals surface area contributed by atoms with E-state index in [9.17, 15) is 0 Å². The molecule has 0 aliphatic carbocycles. The molecule has 0 aromatic heterocycles. The van der Waals surface area contributed by atoms with Crippen LogP contribution in [0.5, 0.6) is 0 Å². The van der Waals surface area contributed by atoms with Gasteiger partial charge in [0.15, 0.2) is 0 Å². The fourth-order valence-corrected chi connectivity index (χ4v) is 0.905. The van der Waals surface area contributed by atoms with Crippen LogP contribution in [0.15, 0.2) is 0 Å². The van der Waals surface area contributed by atoms with Crippen LogP contribution in [0.2, 0.25) is 0 Å². The summed E-state index contributed by atoms with van der Waals surface area (Å²) in [6, 6.07) is 0. The quantitative estimate of drug-likeness (QED) is 0.248. The van der Waals surface area contributed by atoms with E-state index in [1.54, 1.807) is 9.80 Å². The molecule has 1 aliphatic rings. The van der Waals surface area contributed by atoms with Gasteiger partial charge in [-0.1, -0.05) is 8.64 Å². The van der Waals surface area contributed by atoms with Crippen molar-refractivity contribution in [1.29, 1.82) is 0 Å². The first-order valence-corrected chi connectivity index (χ1v) is 8.31. The minimum atomic E-state index is 0. The molecule has 0 unspecified atom stereocenters. The molecule has 0 aromatic carbocycles. The van der Waals surface area contributed by atoms with Crippen molar-refractivity contribution in [2.75, 3.05) is 67.5 Å². The Morgan fingerprint density at radius 2 is 0.818 bits per heavy atom. The number of hydrogen-bond acceptors (Lipinski definition) is 7. The topological polar surface area (TPSA) is 42.6 Å². The third-order valence-electron chi connectivity index (χ3n) is 2.17. The van der Waals surface area contributed by atoms with Crippen LogP contribution < -0.4 is 16.0 Å². The van der Waals surface area contributed by atoms with Crippen LogP contribution in [0.1, 0.15) is 0 Å². The Hall–Kier alpha value is 0.723. The van der Waals surface area contributed by atoms with Crippen molar-refractivity contribution in [1.82, 2.24) is 25.8 Å². The Labute approximate surface area is 170 Å². The Balaban J connectivity index is -0.000000250.